The summed E-state index contributed by atoms with van der Waals surface area (Å²) in [5, 5.41) is 9.66. The van der Waals surface area contributed by atoms with Crippen LogP contribution in [0.2, 0.25) is 0 Å². The van der Waals surface area contributed by atoms with Gasteiger partial charge in [0.2, 0.25) is 0 Å². The van der Waals surface area contributed by atoms with Gasteiger partial charge in [-0.15, -0.1) is 0 Å². The van der Waals surface area contributed by atoms with Crippen LogP contribution in [0.1, 0.15) is 76.2 Å². The molecule has 22 heavy (non-hydrogen) atoms. The molecule has 0 unspecified atom stereocenters. The van der Waals surface area contributed by atoms with Gasteiger partial charge < -0.3 is 4.74 Å². The SMILES string of the molecule is CCCCCCC1(C#N)CCC(c2ccc(OC)cc2)CC1. The highest BCUT2D eigenvalue weighted by atomic mass is 16.5. The Bertz CT molecular complexity index is 477. The molecule has 0 aromatic heterocycles. The van der Waals surface area contributed by atoms with Gasteiger partial charge in [-0.1, -0.05) is 44.7 Å². The molecule has 0 amide bonds. The number of nitrogens with zero attached hydrogens (tertiary/aromatic N) is 1. The van der Waals surface area contributed by atoms with Crippen molar-refractivity contribution in [1.82, 2.24) is 0 Å². The van der Waals surface area contributed by atoms with Crippen molar-refractivity contribution in [3.05, 3.63) is 29.8 Å². The summed E-state index contributed by atoms with van der Waals surface area (Å²) < 4.78 is 5.23. The van der Waals surface area contributed by atoms with Crippen molar-refractivity contribution >= 4 is 0 Å². The molecule has 0 heterocycles. The molecule has 1 fully saturated rings. The molecular formula is C20H29NO. The Kier molecular flexibility index (Phi) is 6.31. The summed E-state index contributed by atoms with van der Waals surface area (Å²) in [5.41, 5.74) is 1.36. The minimum absolute atomic E-state index is 0.0449. The number of ether oxygens (including phenoxy) is 1. The van der Waals surface area contributed by atoms with Gasteiger partial charge in [-0.2, -0.15) is 5.26 Å². The monoisotopic (exact) mass is 299 g/mol. The fourth-order valence-electron chi connectivity index (χ4n) is 3.69. The van der Waals surface area contributed by atoms with Crippen molar-refractivity contribution in [3.8, 4) is 11.8 Å². The summed E-state index contributed by atoms with van der Waals surface area (Å²) in [6, 6.07) is 11.1. The number of unbranched alkanes of at least 4 members (excludes halogenated alkanes) is 3. The molecule has 0 N–H and O–H groups in total. The smallest absolute Gasteiger partial charge is 0.118 e. The maximum absolute atomic E-state index is 9.66. The normalized spacial score (nSPS) is 24.7. The van der Waals surface area contributed by atoms with Crippen LogP contribution in [0, 0.1) is 16.7 Å². The molecule has 2 rings (SSSR count). The highest BCUT2D eigenvalue weighted by Gasteiger charge is 2.35. The lowest BCUT2D eigenvalue weighted by molar-refractivity contribution is 0.223. The third-order valence-electron chi connectivity index (χ3n) is 5.28. The Morgan fingerprint density at radius 3 is 2.36 bits per heavy atom. The first-order valence-electron chi connectivity index (χ1n) is 8.78. The van der Waals surface area contributed by atoms with Gasteiger partial charge in [0.25, 0.3) is 0 Å². The number of benzene rings is 1. The zero-order valence-electron chi connectivity index (χ0n) is 14.1. The van der Waals surface area contributed by atoms with Gasteiger partial charge >= 0.3 is 0 Å². The van der Waals surface area contributed by atoms with E-state index in [1.54, 1.807) is 7.11 Å². The van der Waals surface area contributed by atoms with Crippen molar-refractivity contribution in [2.75, 3.05) is 7.11 Å². The Balaban J connectivity index is 1.88. The molecule has 1 saturated carbocycles. The van der Waals surface area contributed by atoms with Crippen LogP contribution in [0.15, 0.2) is 24.3 Å². The number of hydrogen-bond acceptors (Lipinski definition) is 2. The quantitative estimate of drug-likeness (QED) is 0.593. The lowest BCUT2D eigenvalue weighted by Crippen LogP contribution is -2.25. The van der Waals surface area contributed by atoms with Crippen molar-refractivity contribution < 1.29 is 4.74 Å². The van der Waals surface area contributed by atoms with Crippen LogP contribution in [0.3, 0.4) is 0 Å². The Labute approximate surface area is 135 Å². The molecule has 0 spiro atoms. The number of rotatable bonds is 7. The average Bonchev–Trinajstić information content (AvgIpc) is 2.59. The van der Waals surface area contributed by atoms with E-state index in [9.17, 15) is 5.26 Å². The van der Waals surface area contributed by atoms with Gasteiger partial charge in [0, 0.05) is 0 Å². The van der Waals surface area contributed by atoms with Gasteiger partial charge in [-0.3, -0.25) is 0 Å². The van der Waals surface area contributed by atoms with Crippen LogP contribution in [0.25, 0.3) is 0 Å². The summed E-state index contributed by atoms with van der Waals surface area (Å²) >= 11 is 0. The molecule has 0 aliphatic heterocycles. The third-order valence-corrected chi connectivity index (χ3v) is 5.28. The molecule has 1 aliphatic carbocycles. The van der Waals surface area contributed by atoms with Gasteiger partial charge in [0.15, 0.2) is 0 Å². The minimum atomic E-state index is -0.0449. The van der Waals surface area contributed by atoms with Crippen molar-refractivity contribution in [1.29, 1.82) is 5.26 Å². The van der Waals surface area contributed by atoms with Crippen LogP contribution in [0.4, 0.5) is 0 Å². The van der Waals surface area contributed by atoms with E-state index in [0.29, 0.717) is 5.92 Å². The Hall–Kier alpha value is -1.49. The zero-order valence-corrected chi connectivity index (χ0v) is 14.1. The first-order chi connectivity index (χ1) is 10.7. The topological polar surface area (TPSA) is 33.0 Å². The van der Waals surface area contributed by atoms with E-state index >= 15 is 0 Å². The number of hydrogen-bond donors (Lipinski definition) is 0. The van der Waals surface area contributed by atoms with E-state index in [0.717, 1.165) is 37.9 Å². The molecule has 0 saturated heterocycles. The van der Waals surface area contributed by atoms with E-state index in [-0.39, 0.29) is 5.41 Å². The standard InChI is InChI=1S/C20H29NO/c1-3-4-5-6-13-20(16-21)14-11-18(12-15-20)17-7-9-19(22-2)10-8-17/h7-10,18H,3-6,11-15H2,1-2H3. The van der Waals surface area contributed by atoms with Gasteiger partial charge in [0.1, 0.15) is 5.75 Å². The molecule has 0 radical (unpaired) electrons. The molecular weight excluding hydrogens is 270 g/mol. The lowest BCUT2D eigenvalue weighted by atomic mass is 9.67. The summed E-state index contributed by atoms with van der Waals surface area (Å²) in [4.78, 5) is 0. The van der Waals surface area contributed by atoms with Crippen molar-refractivity contribution in [2.45, 2.75) is 70.6 Å². The predicted octanol–water partition coefficient (Wildman–Crippen LogP) is 5.83. The third kappa shape index (κ3) is 4.26. The molecule has 1 aliphatic rings. The summed E-state index contributed by atoms with van der Waals surface area (Å²) in [6.07, 6.45) is 10.6. The predicted molar refractivity (Wildman–Crippen MR) is 91.0 cm³/mol. The number of nitriles is 1. The summed E-state index contributed by atoms with van der Waals surface area (Å²) in [5.74, 6) is 1.53. The first-order valence-corrected chi connectivity index (χ1v) is 8.78. The van der Waals surface area contributed by atoms with Gasteiger partial charge in [0.05, 0.1) is 18.6 Å². The van der Waals surface area contributed by atoms with Gasteiger partial charge in [-0.05, 0) is 55.7 Å². The zero-order chi connectivity index (χ0) is 15.8. The Morgan fingerprint density at radius 1 is 1.14 bits per heavy atom. The fraction of sp³-hybridized carbons (Fsp3) is 0.650. The molecule has 0 bridgehead atoms. The van der Waals surface area contributed by atoms with Crippen LogP contribution < -0.4 is 4.74 Å². The molecule has 120 valence electrons. The van der Waals surface area contributed by atoms with E-state index in [2.05, 4.69) is 25.1 Å². The highest BCUT2D eigenvalue weighted by Crippen LogP contribution is 2.45. The minimum Gasteiger partial charge on any atom is -0.497 e. The van der Waals surface area contributed by atoms with Crippen LogP contribution >= 0.6 is 0 Å². The summed E-state index contributed by atoms with van der Waals surface area (Å²) in [6.45, 7) is 2.24. The number of methoxy groups -OCH3 is 1. The molecule has 2 nitrogen and oxygen atoms in total. The van der Waals surface area contributed by atoms with Crippen LogP contribution in [0.5, 0.6) is 5.75 Å². The second-order valence-corrected chi connectivity index (χ2v) is 6.75. The molecule has 0 atom stereocenters. The average molecular weight is 299 g/mol. The first kappa shape index (κ1) is 16.9. The van der Waals surface area contributed by atoms with Gasteiger partial charge in [-0.25, -0.2) is 0 Å². The summed E-state index contributed by atoms with van der Waals surface area (Å²) in [7, 11) is 1.70. The second-order valence-electron chi connectivity index (χ2n) is 6.75. The van der Waals surface area contributed by atoms with Crippen LogP contribution in [-0.4, -0.2) is 7.11 Å². The van der Waals surface area contributed by atoms with E-state index in [1.165, 1.54) is 31.2 Å². The maximum Gasteiger partial charge on any atom is 0.118 e. The molecule has 2 heteroatoms. The van der Waals surface area contributed by atoms with E-state index < -0.39 is 0 Å². The Morgan fingerprint density at radius 2 is 1.82 bits per heavy atom. The maximum atomic E-state index is 9.66. The highest BCUT2D eigenvalue weighted by molar-refractivity contribution is 5.30. The van der Waals surface area contributed by atoms with E-state index in [4.69, 9.17) is 4.74 Å². The fourth-order valence-corrected chi connectivity index (χ4v) is 3.69. The van der Waals surface area contributed by atoms with E-state index in [1.807, 2.05) is 12.1 Å². The van der Waals surface area contributed by atoms with Crippen LogP contribution in [-0.2, 0) is 0 Å². The second kappa shape index (κ2) is 8.22. The lowest BCUT2D eigenvalue weighted by Gasteiger charge is -2.35. The van der Waals surface area contributed by atoms with Crippen molar-refractivity contribution in [2.24, 2.45) is 5.41 Å². The molecule has 1 aromatic rings. The molecule has 1 aromatic carbocycles. The van der Waals surface area contributed by atoms with Crippen molar-refractivity contribution in [3.63, 3.8) is 0 Å². The largest absolute Gasteiger partial charge is 0.497 e.